The largest absolute Gasteiger partial charge is 0.494 e. The molecule has 0 bridgehead atoms. The first kappa shape index (κ1) is 46.7. The molecule has 14 nitrogen and oxygen atoms in total. The Kier molecular flexibility index (Phi) is 14.6. The number of anilines is 2. The second-order valence-electron chi connectivity index (χ2n) is 16.1. The van der Waals surface area contributed by atoms with Crippen LogP contribution in [0.15, 0.2) is 55.1 Å². The van der Waals surface area contributed by atoms with Gasteiger partial charge in [0, 0.05) is 31.3 Å². The van der Waals surface area contributed by atoms with E-state index in [9.17, 15) is 23.5 Å². The smallest absolute Gasteiger partial charge is 0.425 e. The summed E-state index contributed by atoms with van der Waals surface area (Å²) >= 11 is 1.02. The second kappa shape index (κ2) is 19.1. The number of amides is 2. The van der Waals surface area contributed by atoms with Crippen molar-refractivity contribution in [2.45, 2.75) is 111 Å². The van der Waals surface area contributed by atoms with E-state index in [0.29, 0.717) is 28.6 Å². The van der Waals surface area contributed by atoms with Gasteiger partial charge in [0.1, 0.15) is 39.5 Å². The number of hydrogen-bond donors (Lipinski definition) is 2. The van der Waals surface area contributed by atoms with Gasteiger partial charge in [-0.3, -0.25) is 0 Å². The number of imide groups is 1. The average Bonchev–Trinajstić information content (AvgIpc) is 3.82. The van der Waals surface area contributed by atoms with Crippen molar-refractivity contribution in [3.8, 4) is 16.3 Å². The van der Waals surface area contributed by atoms with Crippen molar-refractivity contribution in [1.82, 2.24) is 29.8 Å². The quantitative estimate of drug-likeness (QED) is 0.122. The van der Waals surface area contributed by atoms with Gasteiger partial charge in [-0.2, -0.15) is 4.90 Å². The van der Waals surface area contributed by atoms with Crippen molar-refractivity contribution in [2.24, 2.45) is 0 Å². The monoisotopic (exact) mass is 872 g/mol. The van der Waals surface area contributed by atoms with Crippen molar-refractivity contribution >= 4 is 45.5 Å². The minimum Gasteiger partial charge on any atom is -0.494 e. The third-order valence-corrected chi connectivity index (χ3v) is 10.5. The molecule has 5 aromatic rings. The number of thiazole rings is 1. The number of nitrogens with zero attached hydrogens (tertiary/aromatic N) is 7. The van der Waals surface area contributed by atoms with Crippen LogP contribution in [0.25, 0.3) is 21.7 Å². The Morgan fingerprint density at radius 3 is 2.25 bits per heavy atom. The fourth-order valence-electron chi connectivity index (χ4n) is 6.69. The Hall–Kier alpha value is -5.40. The number of alkyl halides is 2. The van der Waals surface area contributed by atoms with Crippen LogP contribution in [0.4, 0.5) is 38.0 Å². The number of nitrogens with one attached hydrogen (secondary N) is 1. The van der Waals surface area contributed by atoms with Crippen molar-refractivity contribution in [3.63, 3.8) is 0 Å². The molecule has 0 aliphatic carbocycles. The lowest BCUT2D eigenvalue weighted by atomic mass is 9.83. The number of fused-ring (bicyclic) bond motifs is 1. The third-order valence-electron chi connectivity index (χ3n) is 9.32. The Morgan fingerprint density at radius 2 is 1.64 bits per heavy atom. The summed E-state index contributed by atoms with van der Waals surface area (Å²) in [6.07, 6.45) is -4.14. The van der Waals surface area contributed by atoms with Gasteiger partial charge in [-0.05, 0) is 66.0 Å². The summed E-state index contributed by atoms with van der Waals surface area (Å²) in [6.45, 7) is 14.2. The van der Waals surface area contributed by atoms with E-state index in [1.54, 1.807) is 51.0 Å². The number of ether oxygens (including phenoxy) is 3. The van der Waals surface area contributed by atoms with Gasteiger partial charge in [0.15, 0.2) is 28.5 Å². The zero-order chi connectivity index (χ0) is 44.9. The summed E-state index contributed by atoms with van der Waals surface area (Å²) in [5, 5.41) is 14.8. The van der Waals surface area contributed by atoms with Gasteiger partial charge >= 0.3 is 12.2 Å². The lowest BCUT2D eigenvalue weighted by Gasteiger charge is -2.46. The molecule has 0 saturated carbocycles. The van der Waals surface area contributed by atoms with E-state index in [4.69, 9.17) is 19.2 Å². The highest BCUT2D eigenvalue weighted by atomic mass is 32.1. The van der Waals surface area contributed by atoms with Crippen molar-refractivity contribution in [2.75, 3.05) is 30.0 Å². The van der Waals surface area contributed by atoms with E-state index in [2.05, 4.69) is 20.3 Å². The summed E-state index contributed by atoms with van der Waals surface area (Å²) < 4.78 is 77.0. The van der Waals surface area contributed by atoms with Gasteiger partial charge < -0.3 is 34.1 Å². The van der Waals surface area contributed by atoms with Crippen LogP contribution >= 0.6 is 11.3 Å². The molecule has 61 heavy (non-hydrogen) atoms. The maximum absolute atomic E-state index is 15.6. The minimum absolute atomic E-state index is 0.0200. The molecule has 4 heterocycles. The maximum Gasteiger partial charge on any atom is 0.425 e. The highest BCUT2D eigenvalue weighted by Crippen LogP contribution is 2.41. The van der Waals surface area contributed by atoms with Crippen LogP contribution in [0.5, 0.6) is 5.75 Å². The van der Waals surface area contributed by atoms with Gasteiger partial charge in [0.25, 0.3) is 6.43 Å². The fraction of sp³-hybridized carbons (Fsp3) is 0.476. The number of benzene rings is 2. The number of hydrogen-bond acceptors (Lipinski definition) is 13. The zero-order valence-corrected chi connectivity index (χ0v) is 36.4. The molecule has 0 radical (unpaired) electrons. The van der Waals surface area contributed by atoms with Crippen LogP contribution in [-0.4, -0.2) is 91.3 Å². The van der Waals surface area contributed by atoms with Gasteiger partial charge in [0.05, 0.1) is 31.2 Å². The Morgan fingerprint density at radius 1 is 0.984 bits per heavy atom. The first-order chi connectivity index (χ1) is 28.8. The van der Waals surface area contributed by atoms with E-state index >= 15 is 8.78 Å². The topological polar surface area (TPSA) is 157 Å². The molecule has 0 spiro atoms. The number of imidazole rings is 1. The van der Waals surface area contributed by atoms with Crippen LogP contribution in [0.3, 0.4) is 0 Å². The fourth-order valence-corrected chi connectivity index (χ4v) is 7.81. The number of aliphatic hydroxyl groups excluding tert-OH is 1. The molecule has 1 saturated heterocycles. The first-order valence-electron chi connectivity index (χ1n) is 19.7. The van der Waals surface area contributed by atoms with Crippen LogP contribution < -0.4 is 19.9 Å². The summed E-state index contributed by atoms with van der Waals surface area (Å²) in [5.74, 6) is -2.16. The molecule has 2 atom stereocenters. The highest BCUT2D eigenvalue weighted by molar-refractivity contribution is 7.19. The number of aliphatic hydroxyl groups is 1. The number of aromatic nitrogens is 5. The van der Waals surface area contributed by atoms with Crippen LogP contribution in [0.1, 0.15) is 79.5 Å². The summed E-state index contributed by atoms with van der Waals surface area (Å²) in [7, 11) is 1.21. The standard InChI is InChI=1S/C40H46F4N8O6S.C2H6/c1-38(2,3)57-36(54)52(37(55)58-39(4,5)6)33-29-32(45-21-46-33)51(22-47-29)19-27-35(59-34(49-27)24-16-26(42)28(56-7)17-25(24)41)50-15-11-14-40(20-50,30(53)31(43)44)48-18-23-12-9-8-10-13-23;1-2/h8-10,12-13,16-17,21-22,30-31,48,53H,11,14-15,18-20H2,1-7H3;1-2H3. The molecule has 2 amide bonds. The predicted molar refractivity (Wildman–Crippen MR) is 224 cm³/mol. The lowest BCUT2D eigenvalue weighted by molar-refractivity contribution is -0.0657. The average molecular weight is 873 g/mol. The van der Waals surface area contributed by atoms with E-state index < -0.39 is 53.1 Å². The molecule has 3 aromatic heterocycles. The molecule has 2 N–H and O–H groups in total. The number of carbonyl (C=O) groups excluding carboxylic acids is 2. The normalized spacial score (nSPS) is 16.2. The lowest BCUT2D eigenvalue weighted by Crippen LogP contribution is -2.65. The molecule has 1 aliphatic heterocycles. The number of methoxy groups -OCH3 is 1. The van der Waals surface area contributed by atoms with Crippen LogP contribution in [0, 0.1) is 11.6 Å². The number of carbonyl (C=O) groups is 2. The Labute approximate surface area is 355 Å². The van der Waals surface area contributed by atoms with Crippen molar-refractivity contribution in [3.05, 3.63) is 78.0 Å². The van der Waals surface area contributed by atoms with Crippen LogP contribution in [-0.2, 0) is 22.6 Å². The van der Waals surface area contributed by atoms with Gasteiger partial charge in [-0.25, -0.2) is 47.1 Å². The highest BCUT2D eigenvalue weighted by Gasteiger charge is 2.46. The number of halogens is 4. The van der Waals surface area contributed by atoms with E-state index in [0.717, 1.165) is 35.4 Å². The zero-order valence-electron chi connectivity index (χ0n) is 35.6. The Balaban J connectivity index is 0.00000347. The van der Waals surface area contributed by atoms with Gasteiger partial charge in [0.2, 0.25) is 0 Å². The van der Waals surface area contributed by atoms with Gasteiger partial charge in [-0.15, -0.1) is 0 Å². The number of rotatable bonds is 11. The SMILES string of the molecule is CC.COc1cc(F)c(-c2nc(Cn3cnc4c(N(C(=O)OC(C)(C)C)C(=O)OC(C)(C)C)ncnc43)c(N3CCCC(NCc4ccccc4)(C(O)C(F)F)C3)s2)cc1F. The molecule has 1 fully saturated rings. The molecular weight excluding hydrogens is 821 g/mol. The van der Waals surface area contributed by atoms with Crippen LogP contribution in [0.2, 0.25) is 0 Å². The van der Waals surface area contributed by atoms with Crippen molar-refractivity contribution < 1.29 is 46.5 Å². The minimum atomic E-state index is -3.07. The predicted octanol–water partition coefficient (Wildman–Crippen LogP) is 8.74. The van der Waals surface area contributed by atoms with E-state index in [1.807, 2.05) is 44.2 Å². The summed E-state index contributed by atoms with van der Waals surface area (Å²) in [5.41, 5.74) is -2.33. The second-order valence-corrected chi connectivity index (χ2v) is 17.1. The molecule has 6 rings (SSSR count). The van der Waals surface area contributed by atoms with Gasteiger partial charge in [-0.1, -0.05) is 55.5 Å². The maximum atomic E-state index is 15.6. The van der Waals surface area contributed by atoms with Crippen molar-refractivity contribution in [1.29, 1.82) is 0 Å². The Bertz CT molecular complexity index is 2270. The summed E-state index contributed by atoms with van der Waals surface area (Å²) in [4.78, 5) is 47.3. The molecule has 330 valence electrons. The van der Waals surface area contributed by atoms with E-state index in [-0.39, 0.29) is 59.4 Å². The number of piperidine rings is 1. The molecule has 2 aromatic carbocycles. The molecule has 2 unspecified atom stereocenters. The first-order valence-corrected chi connectivity index (χ1v) is 20.6. The third kappa shape index (κ3) is 10.9. The molecular formula is C42H52F4N8O6S. The molecule has 19 heteroatoms. The molecule has 1 aliphatic rings. The summed E-state index contributed by atoms with van der Waals surface area (Å²) in [6, 6.07) is 11.1. The van der Waals surface area contributed by atoms with E-state index in [1.165, 1.54) is 13.4 Å².